The van der Waals surface area contributed by atoms with Crippen LogP contribution in [0.25, 0.3) is 0 Å². The second-order valence-electron chi connectivity index (χ2n) is 3.88. The van der Waals surface area contributed by atoms with Gasteiger partial charge in [-0.05, 0) is 30.5 Å². The van der Waals surface area contributed by atoms with E-state index in [1.54, 1.807) is 0 Å². The van der Waals surface area contributed by atoms with Crippen LogP contribution in [0.3, 0.4) is 0 Å². The number of nitrogens with one attached hydrogen (secondary N) is 1. The number of hydrogen-bond donors (Lipinski definition) is 1. The molecule has 2 rings (SSSR count). The molecular formula is C14H14FNO2S. The van der Waals surface area contributed by atoms with Gasteiger partial charge in [-0.2, -0.15) is 0 Å². The van der Waals surface area contributed by atoms with E-state index in [0.717, 1.165) is 4.88 Å². The zero-order chi connectivity index (χ0) is 13.7. The van der Waals surface area contributed by atoms with Crippen LogP contribution in [0, 0.1) is 5.82 Å². The van der Waals surface area contributed by atoms with Crippen molar-refractivity contribution in [1.29, 1.82) is 0 Å². The van der Waals surface area contributed by atoms with E-state index in [0.29, 0.717) is 24.5 Å². The molecule has 0 saturated heterocycles. The average Bonchev–Trinajstić information content (AvgIpc) is 2.86. The summed E-state index contributed by atoms with van der Waals surface area (Å²) < 4.78 is 18.4. The Bertz CT molecular complexity index is 555. The molecule has 0 aliphatic heterocycles. The van der Waals surface area contributed by atoms with E-state index in [2.05, 4.69) is 5.32 Å². The molecule has 0 fully saturated rings. The van der Waals surface area contributed by atoms with Gasteiger partial charge in [-0.15, -0.1) is 11.3 Å². The van der Waals surface area contributed by atoms with Gasteiger partial charge < -0.3 is 10.1 Å². The van der Waals surface area contributed by atoms with Gasteiger partial charge in [0, 0.05) is 10.9 Å². The van der Waals surface area contributed by atoms with Crippen LogP contribution in [-0.4, -0.2) is 12.5 Å². The van der Waals surface area contributed by atoms with Gasteiger partial charge in [0.1, 0.15) is 11.6 Å². The minimum atomic E-state index is -0.389. The Morgan fingerprint density at radius 3 is 2.95 bits per heavy atom. The number of halogens is 1. The molecule has 0 radical (unpaired) electrons. The number of carbonyl (C=O) groups is 1. The van der Waals surface area contributed by atoms with Crippen LogP contribution in [0.4, 0.5) is 10.1 Å². The SMILES string of the molecule is CCOc1cc(F)ccc1NC(=O)Cc1cccs1. The first-order valence-corrected chi connectivity index (χ1v) is 6.81. The van der Waals surface area contributed by atoms with Gasteiger partial charge in [0.25, 0.3) is 0 Å². The summed E-state index contributed by atoms with van der Waals surface area (Å²) in [7, 11) is 0. The molecule has 0 atom stereocenters. The lowest BCUT2D eigenvalue weighted by atomic mass is 10.2. The molecule has 1 heterocycles. The maximum atomic E-state index is 13.1. The van der Waals surface area contributed by atoms with Gasteiger partial charge in [0.15, 0.2) is 0 Å². The van der Waals surface area contributed by atoms with Crippen LogP contribution in [0.2, 0.25) is 0 Å². The Labute approximate surface area is 115 Å². The first kappa shape index (κ1) is 13.5. The first-order valence-electron chi connectivity index (χ1n) is 5.93. The van der Waals surface area contributed by atoms with E-state index in [-0.39, 0.29) is 11.7 Å². The number of rotatable bonds is 5. The summed E-state index contributed by atoms with van der Waals surface area (Å²) in [6.07, 6.45) is 0.306. The number of amides is 1. The van der Waals surface area contributed by atoms with Gasteiger partial charge in [-0.25, -0.2) is 4.39 Å². The van der Waals surface area contributed by atoms with Crippen molar-refractivity contribution in [3.63, 3.8) is 0 Å². The molecule has 0 saturated carbocycles. The fraction of sp³-hybridized carbons (Fsp3) is 0.214. The standard InChI is InChI=1S/C14H14FNO2S/c1-2-18-13-8-10(15)5-6-12(13)16-14(17)9-11-4-3-7-19-11/h3-8H,2,9H2,1H3,(H,16,17). The van der Waals surface area contributed by atoms with Gasteiger partial charge in [-0.3, -0.25) is 4.79 Å². The van der Waals surface area contributed by atoms with Crippen LogP contribution in [-0.2, 0) is 11.2 Å². The van der Waals surface area contributed by atoms with Crippen molar-refractivity contribution in [2.75, 3.05) is 11.9 Å². The molecule has 1 amide bonds. The summed E-state index contributed by atoms with van der Waals surface area (Å²) in [6, 6.07) is 7.87. The summed E-state index contributed by atoms with van der Waals surface area (Å²) in [5.74, 6) is -0.184. The summed E-state index contributed by atoms with van der Waals surface area (Å²) in [4.78, 5) is 12.9. The third-order valence-electron chi connectivity index (χ3n) is 2.43. The third-order valence-corrected chi connectivity index (χ3v) is 3.31. The molecule has 0 spiro atoms. The first-order chi connectivity index (χ1) is 9.19. The van der Waals surface area contributed by atoms with Gasteiger partial charge >= 0.3 is 0 Å². The maximum Gasteiger partial charge on any atom is 0.229 e. The molecular weight excluding hydrogens is 265 g/mol. The second-order valence-corrected chi connectivity index (χ2v) is 4.91. The minimum Gasteiger partial charge on any atom is -0.492 e. The molecule has 1 N–H and O–H groups in total. The van der Waals surface area contributed by atoms with Gasteiger partial charge in [0.2, 0.25) is 5.91 Å². The molecule has 3 nitrogen and oxygen atoms in total. The predicted octanol–water partition coefficient (Wildman–Crippen LogP) is 3.47. The van der Waals surface area contributed by atoms with E-state index >= 15 is 0 Å². The number of carbonyl (C=O) groups excluding carboxylic acids is 1. The molecule has 1 aromatic carbocycles. The highest BCUT2D eigenvalue weighted by Gasteiger charge is 2.10. The maximum absolute atomic E-state index is 13.1. The van der Waals surface area contributed by atoms with Crippen LogP contribution < -0.4 is 10.1 Å². The highest BCUT2D eigenvalue weighted by Crippen LogP contribution is 2.25. The Balaban J connectivity index is 2.07. The highest BCUT2D eigenvalue weighted by molar-refractivity contribution is 7.10. The molecule has 100 valence electrons. The normalized spacial score (nSPS) is 10.2. The Hall–Kier alpha value is -1.88. The van der Waals surface area contributed by atoms with E-state index in [1.165, 1.54) is 29.5 Å². The van der Waals surface area contributed by atoms with Gasteiger partial charge in [0.05, 0.1) is 18.7 Å². The van der Waals surface area contributed by atoms with E-state index in [4.69, 9.17) is 4.74 Å². The van der Waals surface area contributed by atoms with Crippen LogP contribution >= 0.6 is 11.3 Å². The molecule has 0 aliphatic carbocycles. The summed E-state index contributed by atoms with van der Waals surface area (Å²) in [6.45, 7) is 2.22. The molecule has 0 unspecified atom stereocenters. The molecule has 1 aromatic heterocycles. The third kappa shape index (κ3) is 3.79. The van der Waals surface area contributed by atoms with Crippen molar-refractivity contribution >= 4 is 22.9 Å². The second kappa shape index (κ2) is 6.33. The number of anilines is 1. The topological polar surface area (TPSA) is 38.3 Å². The lowest BCUT2D eigenvalue weighted by Crippen LogP contribution is -2.14. The number of ether oxygens (including phenoxy) is 1. The number of hydrogen-bond acceptors (Lipinski definition) is 3. The fourth-order valence-electron chi connectivity index (χ4n) is 1.64. The summed E-state index contributed by atoms with van der Waals surface area (Å²) in [5, 5.41) is 4.66. The van der Waals surface area contributed by atoms with Crippen LogP contribution in [0.5, 0.6) is 5.75 Å². The van der Waals surface area contributed by atoms with E-state index in [1.807, 2.05) is 24.4 Å². The highest BCUT2D eigenvalue weighted by atomic mass is 32.1. The quantitative estimate of drug-likeness (QED) is 0.910. The van der Waals surface area contributed by atoms with Crippen LogP contribution in [0.1, 0.15) is 11.8 Å². The predicted molar refractivity (Wildman–Crippen MR) is 74.2 cm³/mol. The smallest absolute Gasteiger partial charge is 0.229 e. The van der Waals surface area contributed by atoms with Crippen molar-refractivity contribution < 1.29 is 13.9 Å². The zero-order valence-electron chi connectivity index (χ0n) is 10.5. The molecule has 0 aliphatic rings. The largest absolute Gasteiger partial charge is 0.492 e. The molecule has 5 heteroatoms. The molecule has 2 aromatic rings. The van der Waals surface area contributed by atoms with Crippen molar-refractivity contribution in [3.05, 3.63) is 46.4 Å². The van der Waals surface area contributed by atoms with Crippen molar-refractivity contribution in [1.82, 2.24) is 0 Å². The van der Waals surface area contributed by atoms with Crippen molar-refractivity contribution in [3.8, 4) is 5.75 Å². The van der Waals surface area contributed by atoms with E-state index < -0.39 is 0 Å². The monoisotopic (exact) mass is 279 g/mol. The Kier molecular flexibility index (Phi) is 4.52. The van der Waals surface area contributed by atoms with E-state index in [9.17, 15) is 9.18 Å². The minimum absolute atomic E-state index is 0.144. The lowest BCUT2D eigenvalue weighted by Gasteiger charge is -2.11. The Morgan fingerprint density at radius 2 is 2.26 bits per heavy atom. The zero-order valence-corrected chi connectivity index (χ0v) is 11.3. The number of thiophene rings is 1. The number of benzene rings is 1. The Morgan fingerprint density at radius 1 is 1.42 bits per heavy atom. The summed E-state index contributed by atoms with van der Waals surface area (Å²) >= 11 is 1.53. The fourth-order valence-corrected chi connectivity index (χ4v) is 2.34. The molecule has 0 bridgehead atoms. The van der Waals surface area contributed by atoms with Crippen LogP contribution in [0.15, 0.2) is 35.7 Å². The van der Waals surface area contributed by atoms with Gasteiger partial charge in [-0.1, -0.05) is 6.07 Å². The van der Waals surface area contributed by atoms with Crippen molar-refractivity contribution in [2.45, 2.75) is 13.3 Å². The average molecular weight is 279 g/mol. The van der Waals surface area contributed by atoms with Crippen molar-refractivity contribution in [2.24, 2.45) is 0 Å². The molecule has 19 heavy (non-hydrogen) atoms. The summed E-state index contributed by atoms with van der Waals surface area (Å²) in [5.41, 5.74) is 0.491. The lowest BCUT2D eigenvalue weighted by molar-refractivity contribution is -0.115.